The Morgan fingerprint density at radius 2 is 1.94 bits per heavy atom. The lowest BCUT2D eigenvalue weighted by atomic mass is 10.1. The molecule has 94 valence electrons. The van der Waals surface area contributed by atoms with Crippen LogP contribution in [0.1, 0.15) is 24.5 Å². The lowest BCUT2D eigenvalue weighted by molar-refractivity contribution is 0.602. The van der Waals surface area contributed by atoms with Crippen LogP contribution in [0.15, 0.2) is 17.0 Å². The van der Waals surface area contributed by atoms with Gasteiger partial charge in [0, 0.05) is 23.2 Å². The minimum Gasteiger partial charge on any atom is -0.370 e. The summed E-state index contributed by atoms with van der Waals surface area (Å²) in [5, 5.41) is 0.609. The molecule has 0 saturated heterocycles. The van der Waals surface area contributed by atoms with Crippen LogP contribution in [-0.2, 0) is 0 Å². The monoisotopic (exact) mass is 250 g/mol. The van der Waals surface area contributed by atoms with Gasteiger partial charge in [0.2, 0.25) is 0 Å². The van der Waals surface area contributed by atoms with E-state index in [1.54, 1.807) is 0 Å². The van der Waals surface area contributed by atoms with Crippen LogP contribution in [-0.4, -0.2) is 24.9 Å². The molecule has 2 N–H and O–H groups in total. The van der Waals surface area contributed by atoms with Gasteiger partial charge in [-0.2, -0.15) is 0 Å². The molecular weight excluding hydrogens is 228 g/mol. The predicted molar refractivity (Wildman–Crippen MR) is 77.1 cm³/mol. The van der Waals surface area contributed by atoms with Gasteiger partial charge < -0.3 is 10.6 Å². The van der Waals surface area contributed by atoms with Crippen molar-refractivity contribution in [2.45, 2.75) is 43.4 Å². The fraction of sp³-hybridized carbons (Fsp3) is 0.571. The first-order valence-corrected chi connectivity index (χ1v) is 7.14. The van der Waals surface area contributed by atoms with Crippen molar-refractivity contribution in [3.8, 4) is 0 Å². The van der Waals surface area contributed by atoms with E-state index in [1.807, 2.05) is 11.8 Å². The molecule has 0 spiro atoms. The van der Waals surface area contributed by atoms with Crippen molar-refractivity contribution in [2.24, 2.45) is 5.73 Å². The Balaban J connectivity index is 2.45. The topological polar surface area (TPSA) is 29.3 Å². The molecule has 0 aliphatic carbocycles. The fourth-order valence-electron chi connectivity index (χ4n) is 2.52. The third kappa shape index (κ3) is 2.18. The molecule has 1 heterocycles. The van der Waals surface area contributed by atoms with Gasteiger partial charge in [-0.25, -0.2) is 0 Å². The van der Waals surface area contributed by atoms with E-state index in [0.717, 1.165) is 13.0 Å². The normalized spacial score (nSPS) is 23.7. The number of nitrogens with two attached hydrogens (primary N) is 1. The SMILES string of the molecule is Cc1ccc(C)c2c1SC(CCN)C(C)N2C. The van der Waals surface area contributed by atoms with Crippen molar-refractivity contribution in [3.63, 3.8) is 0 Å². The molecule has 0 amide bonds. The van der Waals surface area contributed by atoms with Gasteiger partial charge in [-0.15, -0.1) is 11.8 Å². The van der Waals surface area contributed by atoms with E-state index in [4.69, 9.17) is 5.73 Å². The van der Waals surface area contributed by atoms with Crippen molar-refractivity contribution in [1.29, 1.82) is 0 Å². The predicted octanol–water partition coefficient (Wildman–Crippen LogP) is 2.95. The van der Waals surface area contributed by atoms with Gasteiger partial charge in [-0.1, -0.05) is 12.1 Å². The van der Waals surface area contributed by atoms with Crippen molar-refractivity contribution in [2.75, 3.05) is 18.5 Å². The Bertz CT molecular complexity index is 417. The maximum Gasteiger partial charge on any atom is 0.0537 e. The van der Waals surface area contributed by atoms with Gasteiger partial charge in [-0.3, -0.25) is 0 Å². The van der Waals surface area contributed by atoms with Crippen molar-refractivity contribution in [1.82, 2.24) is 0 Å². The zero-order valence-corrected chi connectivity index (χ0v) is 12.0. The summed E-state index contributed by atoms with van der Waals surface area (Å²) in [7, 11) is 2.21. The average Bonchev–Trinajstić information content (AvgIpc) is 2.30. The molecule has 1 aliphatic heterocycles. The van der Waals surface area contributed by atoms with E-state index in [1.165, 1.54) is 21.7 Å². The van der Waals surface area contributed by atoms with Crippen LogP contribution in [0.2, 0.25) is 0 Å². The zero-order chi connectivity index (χ0) is 12.6. The maximum absolute atomic E-state index is 5.72. The summed E-state index contributed by atoms with van der Waals surface area (Å²) < 4.78 is 0. The second-order valence-electron chi connectivity index (χ2n) is 4.96. The van der Waals surface area contributed by atoms with Crippen LogP contribution in [0.25, 0.3) is 0 Å². The highest BCUT2D eigenvalue weighted by molar-refractivity contribution is 8.00. The summed E-state index contributed by atoms with van der Waals surface area (Å²) in [5.41, 5.74) is 9.90. The Kier molecular flexibility index (Phi) is 3.69. The molecule has 0 aromatic heterocycles. The molecule has 17 heavy (non-hydrogen) atoms. The first-order valence-electron chi connectivity index (χ1n) is 6.26. The van der Waals surface area contributed by atoms with Crippen molar-refractivity contribution >= 4 is 17.4 Å². The number of hydrogen-bond acceptors (Lipinski definition) is 3. The molecule has 1 aliphatic rings. The summed E-state index contributed by atoms with van der Waals surface area (Å²) in [5.74, 6) is 0. The number of nitrogens with zero attached hydrogens (tertiary/aromatic N) is 1. The molecule has 2 rings (SSSR count). The van der Waals surface area contributed by atoms with Crippen LogP contribution >= 0.6 is 11.8 Å². The third-order valence-corrected chi connectivity index (χ3v) is 5.44. The number of benzene rings is 1. The van der Waals surface area contributed by atoms with Crippen LogP contribution < -0.4 is 10.6 Å². The molecule has 2 nitrogen and oxygen atoms in total. The van der Waals surface area contributed by atoms with E-state index < -0.39 is 0 Å². The molecule has 0 bridgehead atoms. The molecule has 3 heteroatoms. The lowest BCUT2D eigenvalue weighted by Gasteiger charge is -2.40. The van der Waals surface area contributed by atoms with E-state index >= 15 is 0 Å². The van der Waals surface area contributed by atoms with Gasteiger partial charge >= 0.3 is 0 Å². The molecule has 1 aromatic carbocycles. The second kappa shape index (κ2) is 4.91. The Morgan fingerprint density at radius 3 is 2.59 bits per heavy atom. The first kappa shape index (κ1) is 12.8. The van der Waals surface area contributed by atoms with E-state index in [2.05, 4.69) is 44.9 Å². The fourth-order valence-corrected chi connectivity index (χ4v) is 4.13. The highest BCUT2D eigenvalue weighted by atomic mass is 32.2. The van der Waals surface area contributed by atoms with Gasteiger partial charge in [0.25, 0.3) is 0 Å². The second-order valence-corrected chi connectivity index (χ2v) is 6.21. The van der Waals surface area contributed by atoms with Crippen LogP contribution in [0, 0.1) is 13.8 Å². The third-order valence-electron chi connectivity index (χ3n) is 3.75. The highest BCUT2D eigenvalue weighted by Crippen LogP contribution is 2.45. The maximum atomic E-state index is 5.72. The summed E-state index contributed by atoms with van der Waals surface area (Å²) in [6.07, 6.45) is 1.09. The number of hydrogen-bond donors (Lipinski definition) is 1. The number of fused-ring (bicyclic) bond motifs is 1. The Hall–Kier alpha value is -0.670. The molecule has 2 atom stereocenters. The van der Waals surface area contributed by atoms with E-state index in [9.17, 15) is 0 Å². The molecule has 0 saturated carbocycles. The average molecular weight is 250 g/mol. The van der Waals surface area contributed by atoms with Gasteiger partial charge in [0.15, 0.2) is 0 Å². The van der Waals surface area contributed by atoms with Gasteiger partial charge in [-0.05, 0) is 44.9 Å². The number of thioether (sulfide) groups is 1. The summed E-state index contributed by atoms with van der Waals surface area (Å²) >= 11 is 2.01. The quantitative estimate of drug-likeness (QED) is 0.875. The van der Waals surface area contributed by atoms with E-state index in [-0.39, 0.29) is 0 Å². The summed E-state index contributed by atoms with van der Waals surface area (Å²) in [6.45, 7) is 7.48. The van der Waals surface area contributed by atoms with E-state index in [0.29, 0.717) is 11.3 Å². The Labute approximate surface area is 109 Å². The molecule has 0 fully saturated rings. The molecule has 0 radical (unpaired) electrons. The van der Waals surface area contributed by atoms with Crippen LogP contribution in [0.5, 0.6) is 0 Å². The van der Waals surface area contributed by atoms with Crippen LogP contribution in [0.3, 0.4) is 0 Å². The van der Waals surface area contributed by atoms with Gasteiger partial charge in [0.05, 0.1) is 5.69 Å². The Morgan fingerprint density at radius 1 is 1.29 bits per heavy atom. The summed E-state index contributed by atoms with van der Waals surface area (Å²) in [6, 6.07) is 5.00. The van der Waals surface area contributed by atoms with Crippen molar-refractivity contribution < 1.29 is 0 Å². The van der Waals surface area contributed by atoms with Crippen molar-refractivity contribution in [3.05, 3.63) is 23.3 Å². The molecule has 2 unspecified atom stereocenters. The lowest BCUT2D eigenvalue weighted by Crippen LogP contribution is -2.42. The molecule has 1 aromatic rings. The number of aryl methyl sites for hydroxylation is 2. The number of anilines is 1. The smallest absolute Gasteiger partial charge is 0.0537 e. The first-order chi connectivity index (χ1) is 8.06. The minimum atomic E-state index is 0.552. The standard InChI is InChI=1S/C14H22N2S/c1-9-5-6-10(2)14-13(9)16(4)11(3)12(17-14)7-8-15/h5-6,11-12H,7-8,15H2,1-4H3. The summed E-state index contributed by atoms with van der Waals surface area (Å²) in [4.78, 5) is 3.87. The highest BCUT2D eigenvalue weighted by Gasteiger charge is 2.31. The minimum absolute atomic E-state index is 0.552. The largest absolute Gasteiger partial charge is 0.370 e. The number of rotatable bonds is 2. The van der Waals surface area contributed by atoms with Gasteiger partial charge in [0.1, 0.15) is 0 Å². The van der Waals surface area contributed by atoms with Crippen LogP contribution in [0.4, 0.5) is 5.69 Å². The molecular formula is C14H22N2S. The zero-order valence-electron chi connectivity index (χ0n) is 11.2.